The maximum absolute atomic E-state index is 4.92. The first-order chi connectivity index (χ1) is 13.2. The van der Waals surface area contributed by atoms with Crippen molar-refractivity contribution < 1.29 is 5.48 Å². The highest BCUT2D eigenvalue weighted by Gasteiger charge is 2.24. The van der Waals surface area contributed by atoms with Crippen LogP contribution in [0.5, 0.6) is 0 Å². The smallest absolute Gasteiger partial charge is 0.256 e. The summed E-state index contributed by atoms with van der Waals surface area (Å²) in [5.41, 5.74) is 0. The van der Waals surface area contributed by atoms with E-state index in [9.17, 15) is 0 Å². The van der Waals surface area contributed by atoms with Crippen LogP contribution in [0.1, 0.15) is 64.6 Å². The number of hydrogen-bond acceptors (Lipinski definition) is 6. The number of fused-ring (bicyclic) bond motifs is 1. The lowest BCUT2D eigenvalue weighted by molar-refractivity contribution is 0.429. The summed E-state index contributed by atoms with van der Waals surface area (Å²) in [5.74, 6) is 4.37. The molecular weight excluding hydrogens is 425 g/mol. The van der Waals surface area contributed by atoms with Crippen molar-refractivity contribution in [1.29, 1.82) is 0 Å². The predicted octanol–water partition coefficient (Wildman–Crippen LogP) is 2.84. The molecule has 1 atom stereocenters. The Morgan fingerprint density at radius 2 is 1.80 bits per heavy atom. The third kappa shape index (κ3) is 5.46. The summed E-state index contributed by atoms with van der Waals surface area (Å²) in [5, 5.41) is 8.44. The molecular formula is C20H37Cl2N7O. The minimum absolute atomic E-state index is 0. The lowest BCUT2D eigenvalue weighted by atomic mass is 9.89. The number of aromatic nitrogens is 4. The van der Waals surface area contributed by atoms with E-state index in [4.69, 9.17) is 15.1 Å². The molecule has 2 aromatic rings. The van der Waals surface area contributed by atoms with Gasteiger partial charge in [-0.1, -0.05) is 19.3 Å². The van der Waals surface area contributed by atoms with E-state index in [0.29, 0.717) is 12.0 Å². The largest absolute Gasteiger partial charge is 0.412 e. The van der Waals surface area contributed by atoms with Crippen molar-refractivity contribution >= 4 is 42.2 Å². The molecule has 2 fully saturated rings. The Hall–Kier alpha value is -1.35. The Kier molecular flexibility index (Phi) is 10.6. The molecule has 10 heteroatoms. The van der Waals surface area contributed by atoms with Crippen LogP contribution in [0.4, 0.5) is 11.6 Å². The van der Waals surface area contributed by atoms with Gasteiger partial charge in [0.15, 0.2) is 5.82 Å². The molecule has 0 spiro atoms. The van der Waals surface area contributed by atoms with Crippen LogP contribution >= 0.6 is 24.8 Å². The molecule has 0 radical (unpaired) electrons. The fraction of sp³-hybridized carbons (Fsp3) is 0.750. The van der Waals surface area contributed by atoms with Gasteiger partial charge in [-0.2, -0.15) is 14.5 Å². The predicted molar refractivity (Wildman–Crippen MR) is 128 cm³/mol. The highest BCUT2D eigenvalue weighted by atomic mass is 35.5. The van der Waals surface area contributed by atoms with Gasteiger partial charge in [-0.3, -0.25) is 0 Å². The standard InChI is InChI=1S/C20H33N7.2ClH.H2O/c1-4-25(5-2)18-13-17(26-12-11-21-15(3)14-26)22-20-23-19(24-27(18)20)16-9-7-6-8-10-16;;;/h13,15-16,21H,4-12,14H2,1-3H3;2*1H;1H2. The molecule has 3 N–H and O–H groups in total. The summed E-state index contributed by atoms with van der Waals surface area (Å²) >= 11 is 0. The normalized spacial score (nSPS) is 19.6. The van der Waals surface area contributed by atoms with Crippen LogP contribution in [0.3, 0.4) is 0 Å². The number of nitrogens with zero attached hydrogens (tertiary/aromatic N) is 6. The van der Waals surface area contributed by atoms with Crippen LogP contribution in [0, 0.1) is 0 Å². The monoisotopic (exact) mass is 461 g/mol. The molecule has 8 nitrogen and oxygen atoms in total. The number of nitrogens with one attached hydrogen (secondary N) is 1. The molecule has 0 bridgehead atoms. The van der Waals surface area contributed by atoms with Crippen molar-refractivity contribution in [2.45, 2.75) is 64.8 Å². The van der Waals surface area contributed by atoms with E-state index in [0.717, 1.165) is 56.0 Å². The first kappa shape index (κ1) is 26.7. The summed E-state index contributed by atoms with van der Waals surface area (Å²) in [6, 6.07) is 2.68. The first-order valence-corrected chi connectivity index (χ1v) is 10.7. The molecule has 30 heavy (non-hydrogen) atoms. The number of halogens is 2. The number of piperazine rings is 1. The number of hydrogen-bond donors (Lipinski definition) is 1. The zero-order chi connectivity index (χ0) is 18.8. The van der Waals surface area contributed by atoms with Crippen LogP contribution < -0.4 is 15.1 Å². The summed E-state index contributed by atoms with van der Waals surface area (Å²) in [6.07, 6.45) is 6.35. The molecule has 1 aliphatic carbocycles. The molecule has 0 aromatic carbocycles. The van der Waals surface area contributed by atoms with Crippen LogP contribution in [-0.2, 0) is 0 Å². The maximum atomic E-state index is 4.92. The first-order valence-electron chi connectivity index (χ1n) is 10.7. The van der Waals surface area contributed by atoms with Gasteiger partial charge in [0.25, 0.3) is 5.78 Å². The highest BCUT2D eigenvalue weighted by molar-refractivity contribution is 5.85. The average molecular weight is 462 g/mol. The molecule has 0 amide bonds. The minimum Gasteiger partial charge on any atom is -0.412 e. The van der Waals surface area contributed by atoms with E-state index in [1.807, 2.05) is 4.52 Å². The Bertz CT molecular complexity index is 778. The second-order valence-corrected chi connectivity index (χ2v) is 7.96. The van der Waals surface area contributed by atoms with Crippen molar-refractivity contribution in [2.24, 2.45) is 0 Å². The fourth-order valence-electron chi connectivity index (χ4n) is 4.47. The molecule has 3 heterocycles. The molecule has 1 aliphatic heterocycles. The van der Waals surface area contributed by atoms with E-state index in [-0.39, 0.29) is 30.3 Å². The molecule has 4 rings (SSSR count). The maximum Gasteiger partial charge on any atom is 0.256 e. The Balaban J connectivity index is 0.00000150. The number of rotatable bonds is 5. The quantitative estimate of drug-likeness (QED) is 0.735. The van der Waals surface area contributed by atoms with Crippen molar-refractivity contribution in [3.63, 3.8) is 0 Å². The van der Waals surface area contributed by atoms with Gasteiger partial charge in [-0.05, 0) is 33.6 Å². The second-order valence-electron chi connectivity index (χ2n) is 7.96. The van der Waals surface area contributed by atoms with Crippen LogP contribution in [0.15, 0.2) is 6.07 Å². The SMILES string of the molecule is CCN(CC)c1cc(N2CCNC(C)C2)nc2nc(C3CCCCC3)nn12.Cl.Cl.O. The van der Waals surface area contributed by atoms with Crippen LogP contribution in [0.2, 0.25) is 0 Å². The van der Waals surface area contributed by atoms with E-state index < -0.39 is 0 Å². The van der Waals surface area contributed by atoms with Crippen molar-refractivity contribution in [3.8, 4) is 0 Å². The highest BCUT2D eigenvalue weighted by Crippen LogP contribution is 2.32. The fourth-order valence-corrected chi connectivity index (χ4v) is 4.47. The van der Waals surface area contributed by atoms with Crippen LogP contribution in [-0.4, -0.2) is 63.8 Å². The second kappa shape index (κ2) is 11.9. The zero-order valence-electron chi connectivity index (χ0n) is 18.3. The molecule has 172 valence electrons. The van der Waals surface area contributed by atoms with E-state index in [1.54, 1.807) is 0 Å². The van der Waals surface area contributed by atoms with Crippen molar-refractivity contribution in [2.75, 3.05) is 42.5 Å². The van der Waals surface area contributed by atoms with Gasteiger partial charge in [0.05, 0.1) is 0 Å². The van der Waals surface area contributed by atoms with Gasteiger partial charge < -0.3 is 20.6 Å². The summed E-state index contributed by atoms with van der Waals surface area (Å²) in [4.78, 5) is 14.5. The third-order valence-corrected chi connectivity index (χ3v) is 6.05. The van der Waals surface area contributed by atoms with Crippen LogP contribution in [0.25, 0.3) is 5.78 Å². The van der Waals surface area contributed by atoms with E-state index in [2.05, 4.69) is 42.0 Å². The van der Waals surface area contributed by atoms with Crippen molar-refractivity contribution in [1.82, 2.24) is 24.9 Å². The third-order valence-electron chi connectivity index (χ3n) is 6.05. The topological polar surface area (TPSA) is 93.1 Å². The summed E-state index contributed by atoms with van der Waals surface area (Å²) in [7, 11) is 0. The van der Waals surface area contributed by atoms with E-state index >= 15 is 0 Å². The number of anilines is 2. The van der Waals surface area contributed by atoms with Gasteiger partial charge in [0.2, 0.25) is 0 Å². The van der Waals surface area contributed by atoms with E-state index in [1.165, 1.54) is 32.1 Å². The molecule has 2 aliphatic rings. The lowest BCUT2D eigenvalue weighted by Crippen LogP contribution is -2.49. The summed E-state index contributed by atoms with van der Waals surface area (Å²) in [6.45, 7) is 11.5. The molecule has 1 unspecified atom stereocenters. The van der Waals surface area contributed by atoms with Gasteiger partial charge in [-0.15, -0.1) is 29.9 Å². The van der Waals surface area contributed by atoms with Gasteiger partial charge >= 0.3 is 0 Å². The minimum atomic E-state index is 0. The van der Waals surface area contributed by atoms with Crippen molar-refractivity contribution in [3.05, 3.63) is 11.9 Å². The molecule has 1 saturated heterocycles. The molecule has 1 saturated carbocycles. The van der Waals surface area contributed by atoms with Gasteiger partial charge in [0.1, 0.15) is 11.6 Å². The Morgan fingerprint density at radius 1 is 1.10 bits per heavy atom. The average Bonchev–Trinajstić information content (AvgIpc) is 3.14. The zero-order valence-corrected chi connectivity index (χ0v) is 19.9. The van der Waals surface area contributed by atoms with Gasteiger partial charge in [0, 0.05) is 50.7 Å². The lowest BCUT2D eigenvalue weighted by Gasteiger charge is -2.33. The van der Waals surface area contributed by atoms with Gasteiger partial charge in [-0.25, -0.2) is 0 Å². The molecule has 2 aromatic heterocycles. The Morgan fingerprint density at radius 3 is 2.43 bits per heavy atom. The Labute approximate surface area is 191 Å². The summed E-state index contributed by atoms with van der Waals surface area (Å²) < 4.78 is 1.98.